The van der Waals surface area contributed by atoms with Crippen LogP contribution in [0.25, 0.3) is 21.8 Å². The molecule has 1 N–H and O–H groups in total. The van der Waals surface area contributed by atoms with Crippen molar-refractivity contribution in [2.24, 2.45) is 0 Å². The number of nitrogens with one attached hydrogen (secondary N) is 1. The Bertz CT molecular complexity index is 1000. The Kier molecular flexibility index (Phi) is 3.31. The minimum atomic E-state index is -0.239. The third kappa shape index (κ3) is 2.27. The molecular weight excluding hydrogens is 308 g/mol. The molecule has 5 nitrogen and oxygen atoms in total. The molecule has 0 unspecified atom stereocenters. The van der Waals surface area contributed by atoms with E-state index in [1.165, 1.54) is 22.6 Å². The fraction of sp³-hybridized carbons (Fsp3) is 0.118. The summed E-state index contributed by atoms with van der Waals surface area (Å²) in [5, 5.41) is 5.21. The van der Waals surface area contributed by atoms with Gasteiger partial charge in [-0.15, -0.1) is 0 Å². The van der Waals surface area contributed by atoms with Crippen molar-refractivity contribution in [3.05, 3.63) is 54.4 Å². The zero-order valence-corrected chi connectivity index (χ0v) is 13.3. The third-order valence-corrected chi connectivity index (χ3v) is 4.42. The summed E-state index contributed by atoms with van der Waals surface area (Å²) in [6, 6.07) is 14.3. The molecule has 0 fully saturated rings. The van der Waals surface area contributed by atoms with Crippen LogP contribution < -0.4 is 5.32 Å². The van der Waals surface area contributed by atoms with E-state index in [0.29, 0.717) is 5.69 Å². The molecule has 0 radical (unpaired) electrons. The number of para-hydroxylation sites is 1. The first-order valence-corrected chi connectivity index (χ1v) is 8.11. The number of aromatic nitrogens is 3. The molecule has 0 atom stereocenters. The van der Waals surface area contributed by atoms with Gasteiger partial charge in [-0.05, 0) is 31.2 Å². The van der Waals surface area contributed by atoms with Crippen molar-refractivity contribution in [2.45, 2.75) is 13.5 Å². The van der Waals surface area contributed by atoms with Crippen LogP contribution in [0.4, 0.5) is 5.69 Å². The number of carbonyl (C=O) groups is 1. The van der Waals surface area contributed by atoms with Crippen LogP contribution >= 0.6 is 11.7 Å². The zero-order chi connectivity index (χ0) is 15.8. The van der Waals surface area contributed by atoms with Crippen LogP contribution in [-0.4, -0.2) is 19.2 Å². The van der Waals surface area contributed by atoms with Crippen LogP contribution in [0.3, 0.4) is 0 Å². The maximum atomic E-state index is 12.1. The molecule has 0 aliphatic heterocycles. The van der Waals surface area contributed by atoms with Gasteiger partial charge in [0.2, 0.25) is 0 Å². The Morgan fingerprint density at radius 3 is 2.78 bits per heavy atom. The number of benzene rings is 2. The smallest absolute Gasteiger partial charge is 0.277 e. The maximum Gasteiger partial charge on any atom is 0.277 e. The average molecular weight is 322 g/mol. The first-order valence-electron chi connectivity index (χ1n) is 7.38. The number of aryl methyl sites for hydroxylation is 1. The van der Waals surface area contributed by atoms with Crippen LogP contribution in [0.2, 0.25) is 0 Å². The quantitative estimate of drug-likeness (QED) is 0.622. The topological polar surface area (TPSA) is 59.8 Å². The molecule has 4 aromatic rings. The van der Waals surface area contributed by atoms with Gasteiger partial charge < -0.3 is 9.88 Å². The molecule has 0 aliphatic carbocycles. The van der Waals surface area contributed by atoms with Gasteiger partial charge in [-0.25, -0.2) is 0 Å². The van der Waals surface area contributed by atoms with Crippen LogP contribution in [0, 0.1) is 0 Å². The molecule has 23 heavy (non-hydrogen) atoms. The second kappa shape index (κ2) is 5.48. The Morgan fingerprint density at radius 1 is 1.17 bits per heavy atom. The van der Waals surface area contributed by atoms with Gasteiger partial charge >= 0.3 is 0 Å². The monoisotopic (exact) mass is 322 g/mol. The molecule has 2 aromatic carbocycles. The van der Waals surface area contributed by atoms with E-state index in [4.69, 9.17) is 0 Å². The highest BCUT2D eigenvalue weighted by molar-refractivity contribution is 6.99. The van der Waals surface area contributed by atoms with E-state index in [1.54, 1.807) is 0 Å². The molecule has 2 heterocycles. The van der Waals surface area contributed by atoms with Gasteiger partial charge in [0.05, 0.1) is 17.9 Å². The number of fused-ring (bicyclic) bond motifs is 3. The highest BCUT2D eigenvalue weighted by Crippen LogP contribution is 2.31. The highest BCUT2D eigenvalue weighted by Gasteiger charge is 2.12. The van der Waals surface area contributed by atoms with E-state index < -0.39 is 0 Å². The summed E-state index contributed by atoms with van der Waals surface area (Å²) in [5.74, 6) is -0.239. The minimum absolute atomic E-state index is 0.239. The molecule has 114 valence electrons. The summed E-state index contributed by atoms with van der Waals surface area (Å²) in [6.45, 7) is 3.04. The number of nitrogens with zero attached hydrogens (tertiary/aromatic N) is 3. The van der Waals surface area contributed by atoms with Gasteiger partial charge in [0.25, 0.3) is 5.91 Å². The first-order chi connectivity index (χ1) is 11.3. The largest absolute Gasteiger partial charge is 0.341 e. The van der Waals surface area contributed by atoms with Crippen molar-refractivity contribution < 1.29 is 4.79 Å². The fourth-order valence-electron chi connectivity index (χ4n) is 2.93. The molecule has 6 heteroatoms. The van der Waals surface area contributed by atoms with E-state index in [1.807, 2.05) is 30.3 Å². The van der Waals surface area contributed by atoms with Crippen molar-refractivity contribution in [1.82, 2.24) is 13.3 Å². The van der Waals surface area contributed by atoms with Gasteiger partial charge in [0.1, 0.15) is 0 Å². The van der Waals surface area contributed by atoms with Crippen LogP contribution in [-0.2, 0) is 6.54 Å². The normalized spacial score (nSPS) is 11.2. The molecule has 0 aliphatic rings. The van der Waals surface area contributed by atoms with Crippen molar-refractivity contribution in [1.29, 1.82) is 0 Å². The number of amides is 1. The lowest BCUT2D eigenvalue weighted by Crippen LogP contribution is -2.11. The molecule has 0 saturated heterocycles. The van der Waals surface area contributed by atoms with Crippen molar-refractivity contribution in [3.8, 4) is 0 Å². The van der Waals surface area contributed by atoms with Gasteiger partial charge in [0, 0.05) is 34.0 Å². The first kappa shape index (κ1) is 13.9. The number of anilines is 1. The number of rotatable bonds is 3. The highest BCUT2D eigenvalue weighted by atomic mass is 32.1. The van der Waals surface area contributed by atoms with Gasteiger partial charge in [-0.1, -0.05) is 18.2 Å². The lowest BCUT2D eigenvalue weighted by atomic mass is 10.1. The van der Waals surface area contributed by atoms with Crippen LogP contribution in [0.5, 0.6) is 0 Å². The summed E-state index contributed by atoms with van der Waals surface area (Å²) < 4.78 is 10.1. The lowest BCUT2D eigenvalue weighted by molar-refractivity contribution is 0.102. The van der Waals surface area contributed by atoms with Gasteiger partial charge in [-0.3, -0.25) is 4.79 Å². The second-order valence-electron chi connectivity index (χ2n) is 5.24. The van der Waals surface area contributed by atoms with Gasteiger partial charge in [0.15, 0.2) is 5.69 Å². The average Bonchev–Trinajstić information content (AvgIpc) is 3.21. The maximum absolute atomic E-state index is 12.1. The minimum Gasteiger partial charge on any atom is -0.341 e. The van der Waals surface area contributed by atoms with E-state index in [-0.39, 0.29) is 5.91 Å². The Balaban J connectivity index is 1.81. The summed E-state index contributed by atoms with van der Waals surface area (Å²) in [6.07, 6.45) is 1.47. The summed E-state index contributed by atoms with van der Waals surface area (Å²) in [7, 11) is 0. The van der Waals surface area contributed by atoms with E-state index >= 15 is 0 Å². The Labute approximate surface area is 136 Å². The van der Waals surface area contributed by atoms with Crippen LogP contribution in [0.1, 0.15) is 17.4 Å². The number of hydrogen-bond donors (Lipinski definition) is 1. The summed E-state index contributed by atoms with van der Waals surface area (Å²) in [4.78, 5) is 12.1. The number of hydrogen-bond acceptors (Lipinski definition) is 4. The molecule has 0 spiro atoms. The SMILES string of the molecule is CCn1c2ccccc2c2cc(NC(=O)c3cnsn3)ccc21. The Morgan fingerprint density at radius 2 is 2.00 bits per heavy atom. The van der Waals surface area contributed by atoms with Crippen LogP contribution in [0.15, 0.2) is 48.7 Å². The van der Waals surface area contributed by atoms with E-state index in [9.17, 15) is 4.79 Å². The van der Waals surface area contributed by atoms with Crippen molar-refractivity contribution in [2.75, 3.05) is 5.32 Å². The van der Waals surface area contributed by atoms with Crippen molar-refractivity contribution >= 4 is 45.1 Å². The third-order valence-electron chi connectivity index (χ3n) is 3.94. The summed E-state index contributed by atoms with van der Waals surface area (Å²) in [5.41, 5.74) is 3.47. The molecule has 4 rings (SSSR count). The predicted molar refractivity (Wildman–Crippen MR) is 93.0 cm³/mol. The molecule has 2 aromatic heterocycles. The second-order valence-corrected chi connectivity index (χ2v) is 5.80. The van der Waals surface area contributed by atoms with E-state index in [0.717, 1.165) is 29.3 Å². The zero-order valence-electron chi connectivity index (χ0n) is 12.5. The number of carbonyl (C=O) groups excluding carboxylic acids is 1. The molecule has 0 bridgehead atoms. The van der Waals surface area contributed by atoms with Gasteiger partial charge in [-0.2, -0.15) is 8.75 Å². The summed E-state index contributed by atoms with van der Waals surface area (Å²) >= 11 is 1.03. The van der Waals surface area contributed by atoms with E-state index in [2.05, 4.69) is 37.7 Å². The Hall–Kier alpha value is -2.73. The lowest BCUT2D eigenvalue weighted by Gasteiger charge is -2.05. The predicted octanol–water partition coefficient (Wildman–Crippen LogP) is 3.92. The molecule has 1 amide bonds. The molecular formula is C17H14N4OS. The standard InChI is InChI=1S/C17H14N4OS/c1-2-21-15-6-4-3-5-12(15)13-9-11(7-8-16(13)21)19-17(22)14-10-18-23-20-14/h3-10H,2H2,1H3,(H,19,22). The fourth-order valence-corrected chi connectivity index (χ4v) is 3.34. The molecule has 0 saturated carbocycles. The van der Waals surface area contributed by atoms with Crippen molar-refractivity contribution in [3.63, 3.8) is 0 Å².